The van der Waals surface area contributed by atoms with Crippen LogP contribution in [0.4, 0.5) is 5.69 Å². The average molecular weight is 409 g/mol. The van der Waals surface area contributed by atoms with E-state index >= 15 is 0 Å². The highest BCUT2D eigenvalue weighted by atomic mass is 16.7. The van der Waals surface area contributed by atoms with Crippen molar-refractivity contribution in [3.05, 3.63) is 48.3 Å². The summed E-state index contributed by atoms with van der Waals surface area (Å²) in [5.74, 6) is 0.370. The highest BCUT2D eigenvalue weighted by Gasteiger charge is 2.50. The molecule has 0 radical (unpaired) electrons. The van der Waals surface area contributed by atoms with Gasteiger partial charge in [-0.2, -0.15) is 10.2 Å². The van der Waals surface area contributed by atoms with Crippen molar-refractivity contribution in [1.29, 1.82) is 0 Å². The topological polar surface area (TPSA) is 59.4 Å². The molecule has 0 spiro atoms. The zero-order valence-electron chi connectivity index (χ0n) is 17.6. The molecular weight excluding hydrogens is 376 g/mol. The van der Waals surface area contributed by atoms with E-state index in [-0.39, 0.29) is 18.1 Å². The summed E-state index contributed by atoms with van der Waals surface area (Å²) in [6.07, 6.45) is 14.5. The van der Waals surface area contributed by atoms with Gasteiger partial charge in [0.15, 0.2) is 0 Å². The maximum atomic E-state index is 13.4. The van der Waals surface area contributed by atoms with Gasteiger partial charge >= 0.3 is 0 Å². The van der Waals surface area contributed by atoms with Crippen molar-refractivity contribution in [2.75, 3.05) is 5.32 Å². The van der Waals surface area contributed by atoms with E-state index < -0.39 is 0 Å². The van der Waals surface area contributed by atoms with Gasteiger partial charge in [-0.05, 0) is 31.2 Å². The monoisotopic (exact) mass is 408 g/mol. The molecule has 3 aliphatic rings. The first-order chi connectivity index (χ1) is 14.8. The maximum Gasteiger partial charge on any atom is 0.244 e. The lowest BCUT2D eigenvalue weighted by atomic mass is 9.81. The minimum atomic E-state index is -0.184. The van der Waals surface area contributed by atoms with Crippen LogP contribution in [0.3, 0.4) is 0 Å². The van der Waals surface area contributed by atoms with E-state index in [0.29, 0.717) is 18.5 Å². The lowest BCUT2D eigenvalue weighted by molar-refractivity contribution is -0.196. The van der Waals surface area contributed by atoms with Gasteiger partial charge in [0.25, 0.3) is 0 Å². The largest absolute Gasteiger partial charge is 0.322 e. The van der Waals surface area contributed by atoms with Gasteiger partial charge in [0.1, 0.15) is 6.04 Å². The predicted octanol–water partition coefficient (Wildman–Crippen LogP) is 4.38. The van der Waals surface area contributed by atoms with Crippen LogP contribution in [-0.4, -0.2) is 38.9 Å². The summed E-state index contributed by atoms with van der Waals surface area (Å²) in [5, 5.41) is 9.69. The van der Waals surface area contributed by atoms with E-state index in [9.17, 15) is 4.79 Å². The summed E-state index contributed by atoms with van der Waals surface area (Å²) >= 11 is 0. The SMILES string of the molecule is O=C(Nc1cnn(Cc2ccccc2)c1)C1C2CCCCC2ON1C1CCCCC1. The second-order valence-electron chi connectivity index (χ2n) is 9.09. The number of fused-ring (bicyclic) bond motifs is 1. The van der Waals surface area contributed by atoms with Crippen LogP contribution in [0.25, 0.3) is 0 Å². The van der Waals surface area contributed by atoms with Crippen LogP contribution < -0.4 is 5.32 Å². The fourth-order valence-corrected chi connectivity index (χ4v) is 5.49. The number of hydrogen-bond donors (Lipinski definition) is 1. The minimum absolute atomic E-state index is 0.0641. The van der Waals surface area contributed by atoms with Crippen molar-refractivity contribution >= 4 is 11.6 Å². The van der Waals surface area contributed by atoms with Crippen LogP contribution in [-0.2, 0) is 16.2 Å². The zero-order chi connectivity index (χ0) is 20.3. The number of nitrogens with one attached hydrogen (secondary N) is 1. The van der Waals surface area contributed by atoms with Gasteiger partial charge in [-0.1, -0.05) is 62.4 Å². The summed E-state index contributed by atoms with van der Waals surface area (Å²) < 4.78 is 1.87. The number of benzene rings is 1. The number of amides is 1. The normalized spacial score (nSPS) is 27.7. The van der Waals surface area contributed by atoms with Gasteiger partial charge in [0.2, 0.25) is 5.91 Å². The van der Waals surface area contributed by atoms with Gasteiger partial charge in [-0.3, -0.25) is 14.3 Å². The molecule has 1 aliphatic heterocycles. The van der Waals surface area contributed by atoms with Crippen LogP contribution in [0.5, 0.6) is 0 Å². The Morgan fingerprint density at radius 2 is 1.80 bits per heavy atom. The van der Waals surface area contributed by atoms with Crippen molar-refractivity contribution in [3.8, 4) is 0 Å². The third-order valence-corrected chi connectivity index (χ3v) is 6.98. The highest BCUT2D eigenvalue weighted by molar-refractivity contribution is 5.95. The Morgan fingerprint density at radius 3 is 2.63 bits per heavy atom. The number of carbonyl (C=O) groups is 1. The van der Waals surface area contributed by atoms with Crippen molar-refractivity contribution in [2.24, 2.45) is 5.92 Å². The second kappa shape index (κ2) is 8.90. The fraction of sp³-hybridized carbons (Fsp3) is 0.583. The van der Waals surface area contributed by atoms with Crippen LogP contribution in [0.1, 0.15) is 63.4 Å². The van der Waals surface area contributed by atoms with Gasteiger partial charge in [-0.25, -0.2) is 0 Å². The minimum Gasteiger partial charge on any atom is -0.322 e. The Bertz CT molecular complexity index is 846. The van der Waals surface area contributed by atoms with E-state index in [1.54, 1.807) is 6.20 Å². The lowest BCUT2D eigenvalue weighted by Crippen LogP contribution is -2.48. The Balaban J connectivity index is 1.29. The number of aromatic nitrogens is 2. The molecule has 160 valence electrons. The summed E-state index contributed by atoms with van der Waals surface area (Å²) in [5.41, 5.74) is 1.95. The van der Waals surface area contributed by atoms with E-state index in [1.165, 1.54) is 37.7 Å². The summed E-state index contributed by atoms with van der Waals surface area (Å²) in [6.45, 7) is 0.697. The molecule has 6 heteroatoms. The molecule has 30 heavy (non-hydrogen) atoms. The third-order valence-electron chi connectivity index (χ3n) is 6.98. The smallest absolute Gasteiger partial charge is 0.244 e. The van der Waals surface area contributed by atoms with Crippen molar-refractivity contribution in [3.63, 3.8) is 0 Å². The molecule has 2 aliphatic carbocycles. The number of carbonyl (C=O) groups excluding carboxylic acids is 1. The van der Waals surface area contributed by atoms with Crippen LogP contribution in [0.15, 0.2) is 42.7 Å². The third kappa shape index (κ3) is 4.16. The Kier molecular flexibility index (Phi) is 5.86. The predicted molar refractivity (Wildman–Crippen MR) is 116 cm³/mol. The standard InChI is InChI=1S/C24H32N4O2/c29-24(26-19-15-25-27(17-19)16-18-9-3-1-4-10-18)23-21-13-7-8-14-22(21)30-28(23)20-11-5-2-6-12-20/h1,3-4,9-10,15,17,20-23H,2,5-8,11-14,16H2,(H,26,29). The molecule has 0 bridgehead atoms. The Hall–Kier alpha value is -2.18. The number of hydroxylamine groups is 2. The molecule has 1 aromatic carbocycles. The van der Waals surface area contributed by atoms with E-state index in [4.69, 9.17) is 4.84 Å². The molecule has 5 rings (SSSR count). The molecule has 2 heterocycles. The van der Waals surface area contributed by atoms with Gasteiger partial charge in [0.05, 0.1) is 24.5 Å². The molecule has 6 nitrogen and oxygen atoms in total. The summed E-state index contributed by atoms with van der Waals surface area (Å²) in [7, 11) is 0. The first-order valence-corrected chi connectivity index (χ1v) is 11.6. The van der Waals surface area contributed by atoms with Crippen molar-refractivity contribution < 1.29 is 9.63 Å². The summed E-state index contributed by atoms with van der Waals surface area (Å²) in [4.78, 5) is 19.8. The molecule has 1 aromatic heterocycles. The second-order valence-corrected chi connectivity index (χ2v) is 9.09. The van der Waals surface area contributed by atoms with E-state index in [1.807, 2.05) is 29.1 Å². The molecule has 2 aromatic rings. The Labute approximate surface area is 178 Å². The van der Waals surface area contributed by atoms with Crippen molar-refractivity contribution in [2.45, 2.75) is 82.5 Å². The molecule has 1 saturated heterocycles. The number of anilines is 1. The number of hydrogen-bond acceptors (Lipinski definition) is 4. The molecule has 1 amide bonds. The fourth-order valence-electron chi connectivity index (χ4n) is 5.49. The number of rotatable bonds is 5. The molecule has 1 N–H and O–H groups in total. The maximum absolute atomic E-state index is 13.4. The number of nitrogens with zero attached hydrogens (tertiary/aromatic N) is 3. The first kappa shape index (κ1) is 19.8. The van der Waals surface area contributed by atoms with Gasteiger partial charge in [-0.15, -0.1) is 0 Å². The summed E-state index contributed by atoms with van der Waals surface area (Å²) in [6, 6.07) is 10.4. The molecule has 3 atom stereocenters. The molecule has 3 unspecified atom stereocenters. The Morgan fingerprint density at radius 1 is 1.03 bits per heavy atom. The van der Waals surface area contributed by atoms with Gasteiger partial charge < -0.3 is 5.32 Å². The molecule has 2 saturated carbocycles. The highest BCUT2D eigenvalue weighted by Crippen LogP contribution is 2.41. The van der Waals surface area contributed by atoms with Crippen LogP contribution in [0, 0.1) is 5.92 Å². The van der Waals surface area contributed by atoms with E-state index in [0.717, 1.165) is 31.4 Å². The van der Waals surface area contributed by atoms with Crippen molar-refractivity contribution in [1.82, 2.24) is 14.8 Å². The lowest BCUT2D eigenvalue weighted by Gasteiger charge is -2.34. The quantitative estimate of drug-likeness (QED) is 0.798. The van der Waals surface area contributed by atoms with Crippen LogP contribution in [0.2, 0.25) is 0 Å². The molecular formula is C24H32N4O2. The average Bonchev–Trinajstić information content (AvgIpc) is 3.39. The van der Waals surface area contributed by atoms with E-state index in [2.05, 4.69) is 27.6 Å². The molecule has 3 fully saturated rings. The zero-order valence-corrected chi connectivity index (χ0v) is 17.6. The van der Waals surface area contributed by atoms with Crippen LogP contribution >= 0.6 is 0 Å². The van der Waals surface area contributed by atoms with Gasteiger partial charge in [0, 0.05) is 18.2 Å². The first-order valence-electron chi connectivity index (χ1n) is 11.6.